The van der Waals surface area contributed by atoms with Gasteiger partial charge in [-0.05, 0) is 55.0 Å². The zero-order chi connectivity index (χ0) is 23.8. The highest BCUT2D eigenvalue weighted by Gasteiger charge is 2.30. The van der Waals surface area contributed by atoms with E-state index >= 15 is 0 Å². The highest BCUT2D eigenvalue weighted by Crippen LogP contribution is 2.40. The average Bonchev–Trinajstić information content (AvgIpc) is 3.14. The predicted octanol–water partition coefficient (Wildman–Crippen LogP) is 5.89. The van der Waals surface area contributed by atoms with Gasteiger partial charge in [0.2, 0.25) is 5.78 Å². The van der Waals surface area contributed by atoms with E-state index in [2.05, 4.69) is 15.9 Å². The van der Waals surface area contributed by atoms with E-state index in [0.29, 0.717) is 36.0 Å². The number of hydrogen-bond donors (Lipinski definition) is 0. The first kappa shape index (κ1) is 22.5. The summed E-state index contributed by atoms with van der Waals surface area (Å²) in [6, 6.07) is 15.5. The molecule has 0 spiro atoms. The third-order valence-corrected chi connectivity index (χ3v) is 6.34. The van der Waals surface area contributed by atoms with Gasteiger partial charge in [-0.2, -0.15) is 0 Å². The van der Waals surface area contributed by atoms with Crippen molar-refractivity contribution >= 4 is 33.5 Å². The van der Waals surface area contributed by atoms with Gasteiger partial charge >= 0.3 is 0 Å². The summed E-state index contributed by atoms with van der Waals surface area (Å²) >= 11 is 3.54. The monoisotopic (exact) mass is 521 g/mol. The Labute approximate surface area is 206 Å². The summed E-state index contributed by atoms with van der Waals surface area (Å²) in [5, 5.41) is 0. The molecule has 0 atom stereocenters. The van der Waals surface area contributed by atoms with Crippen molar-refractivity contribution in [2.45, 2.75) is 20.1 Å². The van der Waals surface area contributed by atoms with Crippen LogP contribution >= 0.6 is 15.9 Å². The van der Waals surface area contributed by atoms with Crippen LogP contribution in [0, 0.1) is 6.92 Å². The summed E-state index contributed by atoms with van der Waals surface area (Å²) in [5.74, 6) is 2.17. The van der Waals surface area contributed by atoms with Gasteiger partial charge in [0.05, 0.1) is 12.2 Å². The number of allylic oxidation sites excluding steroid dienone is 1. The Balaban J connectivity index is 1.37. The maximum absolute atomic E-state index is 12.9. The maximum Gasteiger partial charge on any atom is 0.231 e. The molecule has 0 aliphatic carbocycles. The Kier molecular flexibility index (Phi) is 6.06. The molecule has 0 aromatic heterocycles. The molecule has 3 aromatic rings. The van der Waals surface area contributed by atoms with Crippen molar-refractivity contribution in [2.75, 3.05) is 25.8 Å². The SMILES string of the molecule is Cc1c(OCc2cc(Br)cc3c2OCOC3)ccc2c1O/C(=C\c1ccc(N(C)C)cc1)C2=O. The molecule has 0 saturated heterocycles. The zero-order valence-electron chi connectivity index (χ0n) is 19.2. The van der Waals surface area contributed by atoms with Gasteiger partial charge in [0.15, 0.2) is 12.6 Å². The number of halogens is 1. The molecule has 0 amide bonds. The molecule has 6 nitrogen and oxygen atoms in total. The minimum atomic E-state index is -0.129. The van der Waals surface area contributed by atoms with Crippen molar-refractivity contribution in [3.63, 3.8) is 0 Å². The van der Waals surface area contributed by atoms with E-state index in [1.165, 1.54) is 0 Å². The van der Waals surface area contributed by atoms with Crippen LogP contribution < -0.4 is 19.1 Å². The highest BCUT2D eigenvalue weighted by atomic mass is 79.9. The number of Topliss-reactive ketones (excluding diaryl/α,β-unsaturated/α-hetero) is 1. The molecular weight excluding hydrogens is 498 g/mol. The van der Waals surface area contributed by atoms with Crippen molar-refractivity contribution < 1.29 is 23.7 Å². The molecule has 3 aromatic carbocycles. The molecule has 0 unspecified atom stereocenters. The molecule has 0 N–H and O–H groups in total. The van der Waals surface area contributed by atoms with Crippen molar-refractivity contribution in [3.8, 4) is 17.2 Å². The number of anilines is 1. The van der Waals surface area contributed by atoms with E-state index in [4.69, 9.17) is 18.9 Å². The lowest BCUT2D eigenvalue weighted by atomic mass is 10.1. The number of benzene rings is 3. The molecule has 0 fully saturated rings. The van der Waals surface area contributed by atoms with Crippen molar-refractivity contribution in [3.05, 3.63) is 86.6 Å². The maximum atomic E-state index is 12.9. The number of carbonyl (C=O) groups is 1. The topological polar surface area (TPSA) is 57.2 Å². The molecule has 0 saturated carbocycles. The molecular formula is C27H24BrNO5. The van der Waals surface area contributed by atoms with Crippen LogP contribution in [-0.4, -0.2) is 26.7 Å². The van der Waals surface area contributed by atoms with Crippen LogP contribution in [0.1, 0.15) is 32.6 Å². The second-order valence-corrected chi connectivity index (χ2v) is 9.36. The molecule has 0 radical (unpaired) electrons. The minimum absolute atomic E-state index is 0.129. The van der Waals surface area contributed by atoms with Crippen molar-refractivity contribution in [1.29, 1.82) is 0 Å². The van der Waals surface area contributed by atoms with Crippen LogP contribution in [0.3, 0.4) is 0 Å². The number of carbonyl (C=O) groups excluding carboxylic acids is 1. The fraction of sp³-hybridized carbons (Fsp3) is 0.222. The third kappa shape index (κ3) is 4.29. The van der Waals surface area contributed by atoms with Gasteiger partial charge in [-0.25, -0.2) is 0 Å². The van der Waals surface area contributed by atoms with Crippen LogP contribution in [0.25, 0.3) is 6.08 Å². The molecule has 0 bridgehead atoms. The van der Waals surface area contributed by atoms with Crippen LogP contribution in [0.5, 0.6) is 17.2 Å². The van der Waals surface area contributed by atoms with Crippen LogP contribution in [0.2, 0.25) is 0 Å². The lowest BCUT2D eigenvalue weighted by Gasteiger charge is -2.21. The largest absolute Gasteiger partial charge is 0.488 e. The first-order chi connectivity index (χ1) is 16.4. The Bertz CT molecular complexity index is 1300. The van der Waals surface area contributed by atoms with Gasteiger partial charge in [-0.1, -0.05) is 28.1 Å². The van der Waals surface area contributed by atoms with Gasteiger partial charge in [0.1, 0.15) is 23.9 Å². The molecule has 174 valence electrons. The summed E-state index contributed by atoms with van der Waals surface area (Å²) in [5.41, 5.74) is 5.22. The standard InChI is InChI=1S/C27H24BrNO5/c1-16-23(32-14-19-12-20(28)11-18-13-31-15-33-27(18)19)9-8-22-25(30)24(34-26(16)22)10-17-4-6-21(7-5-17)29(2)3/h4-12H,13-15H2,1-3H3/b24-10-. The number of ether oxygens (including phenoxy) is 4. The third-order valence-electron chi connectivity index (χ3n) is 5.88. The van der Waals surface area contributed by atoms with Gasteiger partial charge in [-0.3, -0.25) is 4.79 Å². The summed E-state index contributed by atoms with van der Waals surface area (Å²) in [7, 11) is 3.98. The summed E-state index contributed by atoms with van der Waals surface area (Å²) in [4.78, 5) is 15.0. The lowest BCUT2D eigenvalue weighted by Crippen LogP contribution is -2.14. The van der Waals surface area contributed by atoms with E-state index in [9.17, 15) is 4.79 Å². The lowest BCUT2D eigenvalue weighted by molar-refractivity contribution is -0.0176. The van der Waals surface area contributed by atoms with Crippen LogP contribution in [0.4, 0.5) is 5.69 Å². The molecule has 34 heavy (non-hydrogen) atoms. The number of fused-ring (bicyclic) bond motifs is 2. The van der Waals surface area contributed by atoms with Crippen LogP contribution in [-0.2, 0) is 18.0 Å². The molecule has 7 heteroatoms. The smallest absolute Gasteiger partial charge is 0.231 e. The first-order valence-electron chi connectivity index (χ1n) is 10.9. The zero-order valence-corrected chi connectivity index (χ0v) is 20.8. The second-order valence-electron chi connectivity index (χ2n) is 8.44. The molecule has 2 aliphatic rings. The van der Waals surface area contributed by atoms with E-state index < -0.39 is 0 Å². The normalized spacial score (nSPS) is 15.4. The number of nitrogens with zero attached hydrogens (tertiary/aromatic N) is 1. The van der Waals surface area contributed by atoms with Crippen molar-refractivity contribution in [1.82, 2.24) is 0 Å². The van der Waals surface area contributed by atoms with Gasteiger partial charge < -0.3 is 23.8 Å². The Morgan fingerprint density at radius 2 is 1.88 bits per heavy atom. The Morgan fingerprint density at radius 3 is 2.65 bits per heavy atom. The fourth-order valence-electron chi connectivity index (χ4n) is 4.06. The summed E-state index contributed by atoms with van der Waals surface area (Å²) in [6.45, 7) is 2.94. The number of rotatable bonds is 5. The second kappa shape index (κ2) is 9.16. The van der Waals surface area contributed by atoms with Gasteiger partial charge in [0, 0.05) is 40.9 Å². The van der Waals surface area contributed by atoms with E-state index in [0.717, 1.165) is 38.2 Å². The average molecular weight is 522 g/mol. The van der Waals surface area contributed by atoms with E-state index in [-0.39, 0.29) is 12.6 Å². The summed E-state index contributed by atoms with van der Waals surface area (Å²) < 4.78 is 24.2. The van der Waals surface area contributed by atoms with E-state index in [1.807, 2.05) is 68.4 Å². The molecule has 2 aliphatic heterocycles. The number of hydrogen-bond acceptors (Lipinski definition) is 6. The summed E-state index contributed by atoms with van der Waals surface area (Å²) in [6.07, 6.45) is 1.77. The highest BCUT2D eigenvalue weighted by molar-refractivity contribution is 9.10. The van der Waals surface area contributed by atoms with Crippen LogP contribution in [0.15, 0.2) is 58.8 Å². The fourth-order valence-corrected chi connectivity index (χ4v) is 4.62. The first-order valence-corrected chi connectivity index (χ1v) is 11.7. The minimum Gasteiger partial charge on any atom is -0.488 e. The predicted molar refractivity (Wildman–Crippen MR) is 134 cm³/mol. The quantitative estimate of drug-likeness (QED) is 0.390. The Morgan fingerprint density at radius 1 is 1.09 bits per heavy atom. The van der Waals surface area contributed by atoms with E-state index in [1.54, 1.807) is 12.1 Å². The van der Waals surface area contributed by atoms with Gasteiger partial charge in [-0.15, -0.1) is 0 Å². The van der Waals surface area contributed by atoms with Gasteiger partial charge in [0.25, 0.3) is 0 Å². The number of ketones is 1. The Hall–Kier alpha value is -3.29. The molecule has 2 heterocycles. The molecule has 5 rings (SSSR count). The van der Waals surface area contributed by atoms with Crippen molar-refractivity contribution in [2.24, 2.45) is 0 Å².